The van der Waals surface area contributed by atoms with Crippen LogP contribution in [0, 0.1) is 5.82 Å². The van der Waals surface area contributed by atoms with Crippen molar-refractivity contribution in [3.63, 3.8) is 0 Å². The molecule has 0 radical (unpaired) electrons. The summed E-state index contributed by atoms with van der Waals surface area (Å²) < 4.78 is 15.4. The number of rotatable bonds is 3. The third-order valence-electron chi connectivity index (χ3n) is 3.81. The maximum absolute atomic E-state index is 13.2. The van der Waals surface area contributed by atoms with Crippen LogP contribution in [0.3, 0.4) is 0 Å². The van der Waals surface area contributed by atoms with Gasteiger partial charge in [-0.1, -0.05) is 30.0 Å². The number of halogens is 1. The molecule has 0 spiro atoms. The summed E-state index contributed by atoms with van der Waals surface area (Å²) in [4.78, 5) is 16.8. The molecule has 2 heterocycles. The Hall–Kier alpha value is -2.60. The van der Waals surface area contributed by atoms with Gasteiger partial charge < -0.3 is 9.88 Å². The smallest absolute Gasteiger partial charge is 0.255 e. The summed E-state index contributed by atoms with van der Waals surface area (Å²) in [5.74, 6) is 0.294. The van der Waals surface area contributed by atoms with Crippen molar-refractivity contribution in [1.82, 2.24) is 9.55 Å². The highest BCUT2D eigenvalue weighted by Gasteiger charge is 2.15. The average Bonchev–Trinajstić information content (AvgIpc) is 3.17. The Morgan fingerprint density at radius 1 is 1.21 bits per heavy atom. The van der Waals surface area contributed by atoms with Gasteiger partial charge in [0, 0.05) is 35.3 Å². The minimum atomic E-state index is -0.429. The van der Waals surface area contributed by atoms with E-state index in [2.05, 4.69) is 14.9 Å². The van der Waals surface area contributed by atoms with Crippen molar-refractivity contribution in [1.29, 1.82) is 0 Å². The number of anilines is 1. The summed E-state index contributed by atoms with van der Waals surface area (Å²) in [5.41, 5.74) is 2.77. The first-order chi connectivity index (χ1) is 11.7. The highest BCUT2D eigenvalue weighted by Crippen LogP contribution is 2.29. The standard InChI is InChI=1S/C18H14FN3OS/c19-14-5-1-4-13(9-14)17(23)20-15-6-2-3-12(10-15)16-11-22-7-8-24-18(22)21-16/h1-6,9-11H,7-8H2,(H,20,23). The molecule has 6 heteroatoms. The lowest BCUT2D eigenvalue weighted by Crippen LogP contribution is -2.12. The molecule has 120 valence electrons. The zero-order chi connectivity index (χ0) is 16.5. The van der Waals surface area contributed by atoms with Crippen LogP contribution < -0.4 is 5.32 Å². The summed E-state index contributed by atoms with van der Waals surface area (Å²) in [6.07, 6.45) is 2.03. The van der Waals surface area contributed by atoms with Gasteiger partial charge in [0.05, 0.1) is 5.69 Å². The first-order valence-corrected chi connectivity index (χ1v) is 8.55. The molecule has 24 heavy (non-hydrogen) atoms. The number of nitrogens with one attached hydrogen (secondary N) is 1. The van der Waals surface area contributed by atoms with Crippen LogP contribution in [0.1, 0.15) is 10.4 Å². The Labute approximate surface area is 142 Å². The lowest BCUT2D eigenvalue weighted by molar-refractivity contribution is 0.102. The zero-order valence-corrected chi connectivity index (χ0v) is 13.5. The largest absolute Gasteiger partial charge is 0.325 e. The van der Waals surface area contributed by atoms with Crippen LogP contribution in [0.15, 0.2) is 59.9 Å². The molecule has 0 aliphatic carbocycles. The fourth-order valence-corrected chi connectivity index (χ4v) is 3.58. The maximum atomic E-state index is 13.2. The molecule has 3 aromatic rings. The van der Waals surface area contributed by atoms with Gasteiger partial charge in [-0.3, -0.25) is 4.79 Å². The average molecular weight is 339 g/mol. The fraction of sp³-hybridized carbons (Fsp3) is 0.111. The maximum Gasteiger partial charge on any atom is 0.255 e. The number of nitrogens with zero attached hydrogens (tertiary/aromatic N) is 2. The molecule has 1 aromatic heterocycles. The van der Waals surface area contributed by atoms with E-state index in [0.717, 1.165) is 28.7 Å². The Morgan fingerprint density at radius 3 is 2.92 bits per heavy atom. The van der Waals surface area contributed by atoms with Gasteiger partial charge >= 0.3 is 0 Å². The second-order valence-corrected chi connectivity index (χ2v) is 6.56. The molecule has 0 atom stereocenters. The first kappa shape index (κ1) is 15.0. The predicted molar refractivity (Wildman–Crippen MR) is 92.7 cm³/mol. The Bertz CT molecular complexity index is 901. The van der Waals surface area contributed by atoms with Gasteiger partial charge in [-0.15, -0.1) is 0 Å². The topological polar surface area (TPSA) is 46.9 Å². The Balaban J connectivity index is 1.57. The normalized spacial score (nSPS) is 12.9. The molecule has 1 N–H and O–H groups in total. The third kappa shape index (κ3) is 2.92. The van der Waals surface area contributed by atoms with Gasteiger partial charge in [0.25, 0.3) is 5.91 Å². The van der Waals surface area contributed by atoms with Crippen LogP contribution >= 0.6 is 11.8 Å². The van der Waals surface area contributed by atoms with E-state index in [0.29, 0.717) is 5.69 Å². The molecule has 0 bridgehead atoms. The van der Waals surface area contributed by atoms with Crippen molar-refractivity contribution in [2.75, 3.05) is 11.1 Å². The summed E-state index contributed by atoms with van der Waals surface area (Å²) >= 11 is 1.74. The van der Waals surface area contributed by atoms with Crippen molar-refractivity contribution in [2.24, 2.45) is 0 Å². The molecule has 0 unspecified atom stereocenters. The van der Waals surface area contributed by atoms with Crippen LogP contribution in [-0.2, 0) is 6.54 Å². The van der Waals surface area contributed by atoms with Crippen molar-refractivity contribution in [3.05, 3.63) is 66.1 Å². The number of amides is 1. The minimum Gasteiger partial charge on any atom is -0.325 e. The number of aromatic nitrogens is 2. The van der Waals surface area contributed by atoms with Crippen molar-refractivity contribution < 1.29 is 9.18 Å². The van der Waals surface area contributed by atoms with Gasteiger partial charge in [0.2, 0.25) is 0 Å². The zero-order valence-electron chi connectivity index (χ0n) is 12.7. The van der Waals surface area contributed by atoms with E-state index >= 15 is 0 Å². The Kier molecular flexibility index (Phi) is 3.82. The van der Waals surface area contributed by atoms with Crippen LogP contribution in [0.2, 0.25) is 0 Å². The second kappa shape index (κ2) is 6.13. The number of fused-ring (bicyclic) bond motifs is 1. The van der Waals surface area contributed by atoms with Crippen LogP contribution in [-0.4, -0.2) is 21.2 Å². The molecular formula is C18H14FN3OS. The van der Waals surface area contributed by atoms with Gasteiger partial charge in [0.15, 0.2) is 5.16 Å². The van der Waals surface area contributed by atoms with Crippen molar-refractivity contribution in [2.45, 2.75) is 11.7 Å². The summed E-state index contributed by atoms with van der Waals surface area (Å²) in [5, 5.41) is 3.83. The van der Waals surface area contributed by atoms with E-state index < -0.39 is 5.82 Å². The molecule has 2 aromatic carbocycles. The van der Waals surface area contributed by atoms with Gasteiger partial charge in [-0.25, -0.2) is 9.37 Å². The minimum absolute atomic E-state index is 0.290. The van der Waals surface area contributed by atoms with E-state index in [1.807, 2.05) is 24.4 Å². The lowest BCUT2D eigenvalue weighted by Gasteiger charge is -2.07. The van der Waals surface area contributed by atoms with Crippen molar-refractivity contribution in [3.8, 4) is 11.3 Å². The van der Waals surface area contributed by atoms with E-state index in [-0.39, 0.29) is 11.5 Å². The van der Waals surface area contributed by atoms with Crippen LogP contribution in [0.25, 0.3) is 11.3 Å². The lowest BCUT2D eigenvalue weighted by atomic mass is 10.1. The van der Waals surface area contributed by atoms with E-state index in [1.54, 1.807) is 23.9 Å². The number of benzene rings is 2. The molecule has 4 nitrogen and oxygen atoms in total. The second-order valence-electron chi connectivity index (χ2n) is 5.50. The van der Waals surface area contributed by atoms with Gasteiger partial charge in [0.1, 0.15) is 5.82 Å². The van der Waals surface area contributed by atoms with Crippen molar-refractivity contribution >= 4 is 23.4 Å². The summed E-state index contributed by atoms with van der Waals surface area (Å²) in [6.45, 7) is 0.975. The molecule has 1 aliphatic rings. The number of carbonyl (C=O) groups excluding carboxylic acids is 1. The number of aryl methyl sites for hydroxylation is 1. The SMILES string of the molecule is O=C(Nc1cccc(-c2cn3c(n2)SCC3)c1)c1cccc(F)c1. The van der Waals surface area contributed by atoms with Crippen LogP contribution in [0.4, 0.5) is 10.1 Å². The fourth-order valence-electron chi connectivity index (χ4n) is 2.64. The number of carbonyl (C=O) groups is 1. The molecular weight excluding hydrogens is 325 g/mol. The molecule has 1 aliphatic heterocycles. The van der Waals surface area contributed by atoms with E-state index in [9.17, 15) is 9.18 Å². The first-order valence-electron chi connectivity index (χ1n) is 7.56. The number of imidazole rings is 1. The number of hydrogen-bond acceptors (Lipinski definition) is 3. The Morgan fingerprint density at radius 2 is 2.08 bits per heavy atom. The predicted octanol–water partition coefficient (Wildman–Crippen LogP) is 4.05. The highest BCUT2D eigenvalue weighted by atomic mass is 32.2. The molecule has 0 fully saturated rings. The van der Waals surface area contributed by atoms with Gasteiger partial charge in [-0.05, 0) is 30.3 Å². The molecule has 4 rings (SSSR count). The summed E-state index contributed by atoms with van der Waals surface area (Å²) in [7, 11) is 0. The van der Waals surface area contributed by atoms with Crippen LogP contribution in [0.5, 0.6) is 0 Å². The number of thioether (sulfide) groups is 1. The third-order valence-corrected chi connectivity index (χ3v) is 4.78. The highest BCUT2D eigenvalue weighted by molar-refractivity contribution is 7.99. The van der Waals surface area contributed by atoms with E-state index in [1.165, 1.54) is 18.2 Å². The number of hydrogen-bond donors (Lipinski definition) is 1. The molecule has 0 saturated heterocycles. The quantitative estimate of drug-likeness (QED) is 0.783. The van der Waals surface area contributed by atoms with Gasteiger partial charge in [-0.2, -0.15) is 0 Å². The monoisotopic (exact) mass is 339 g/mol. The van der Waals surface area contributed by atoms with E-state index in [4.69, 9.17) is 0 Å². The molecule has 1 amide bonds. The summed E-state index contributed by atoms with van der Waals surface area (Å²) in [6, 6.07) is 13.1. The molecule has 0 saturated carbocycles.